The second kappa shape index (κ2) is 6.51. The molecule has 1 unspecified atom stereocenters. The molecule has 0 amide bonds. The fraction of sp³-hybridized carbons (Fsp3) is 0.500. The van der Waals surface area contributed by atoms with Crippen LogP contribution in [-0.4, -0.2) is 35.1 Å². The zero-order chi connectivity index (χ0) is 15.4. The maximum absolute atomic E-state index is 11.8. The lowest BCUT2D eigenvalue weighted by atomic mass is 10.3. The van der Waals surface area contributed by atoms with E-state index in [0.717, 1.165) is 6.20 Å². The Kier molecular flexibility index (Phi) is 5.26. The normalized spacial score (nSPS) is 12.1. The van der Waals surface area contributed by atoms with Gasteiger partial charge < -0.3 is 9.64 Å². The standard InChI is InChI=1S/C12H16ClN3O4/c1-7(2)20-12(17)8(3)15(4)11-10(13)5-9(6-14-11)16(18)19/h5-8H,1-4H3. The molecule has 0 spiro atoms. The molecule has 0 radical (unpaired) electrons. The molecule has 0 bridgehead atoms. The van der Waals surface area contributed by atoms with Crippen LogP contribution in [0.4, 0.5) is 11.5 Å². The summed E-state index contributed by atoms with van der Waals surface area (Å²) in [6.07, 6.45) is 0.872. The van der Waals surface area contributed by atoms with Gasteiger partial charge in [-0.25, -0.2) is 9.78 Å². The number of hydrogen-bond acceptors (Lipinski definition) is 6. The molecule has 0 saturated carbocycles. The molecule has 1 aromatic rings. The van der Waals surface area contributed by atoms with Crippen LogP contribution in [0.5, 0.6) is 0 Å². The Morgan fingerprint density at radius 1 is 1.50 bits per heavy atom. The summed E-state index contributed by atoms with van der Waals surface area (Å²) < 4.78 is 5.10. The molecule has 1 aromatic heterocycles. The number of carbonyl (C=O) groups excluding carboxylic acids is 1. The number of hydrogen-bond donors (Lipinski definition) is 0. The van der Waals surface area contributed by atoms with Crippen molar-refractivity contribution in [3.8, 4) is 0 Å². The van der Waals surface area contributed by atoms with Crippen molar-refractivity contribution < 1.29 is 14.5 Å². The van der Waals surface area contributed by atoms with Crippen molar-refractivity contribution in [3.05, 3.63) is 27.4 Å². The van der Waals surface area contributed by atoms with Crippen LogP contribution in [0.15, 0.2) is 12.3 Å². The largest absolute Gasteiger partial charge is 0.461 e. The minimum Gasteiger partial charge on any atom is -0.461 e. The Labute approximate surface area is 121 Å². The fourth-order valence-corrected chi connectivity index (χ4v) is 1.75. The van der Waals surface area contributed by atoms with Gasteiger partial charge in [0.25, 0.3) is 5.69 Å². The molecule has 0 saturated heterocycles. The summed E-state index contributed by atoms with van der Waals surface area (Å²) in [5, 5.41) is 10.7. The second-order valence-electron chi connectivity index (χ2n) is 4.53. The van der Waals surface area contributed by atoms with Gasteiger partial charge in [-0.05, 0) is 20.8 Å². The number of ether oxygens (including phenoxy) is 1. The van der Waals surface area contributed by atoms with Gasteiger partial charge in [0.2, 0.25) is 0 Å². The van der Waals surface area contributed by atoms with Gasteiger partial charge >= 0.3 is 5.97 Å². The molecule has 0 aliphatic heterocycles. The van der Waals surface area contributed by atoms with Crippen LogP contribution < -0.4 is 4.90 Å². The third kappa shape index (κ3) is 3.80. The first-order valence-corrected chi connectivity index (χ1v) is 6.35. The first-order chi connectivity index (χ1) is 9.23. The van der Waals surface area contributed by atoms with Gasteiger partial charge in [-0.2, -0.15) is 0 Å². The van der Waals surface area contributed by atoms with Crippen LogP contribution in [0.25, 0.3) is 0 Å². The summed E-state index contributed by atoms with van der Waals surface area (Å²) in [5.74, 6) is -0.135. The molecular weight excluding hydrogens is 286 g/mol. The van der Waals surface area contributed by atoms with Crippen molar-refractivity contribution in [2.45, 2.75) is 32.9 Å². The summed E-state index contributed by atoms with van der Waals surface area (Å²) in [4.78, 5) is 27.3. The van der Waals surface area contributed by atoms with E-state index in [0.29, 0.717) is 0 Å². The highest BCUT2D eigenvalue weighted by Gasteiger charge is 2.24. The minimum absolute atomic E-state index is 0.103. The van der Waals surface area contributed by atoms with Gasteiger partial charge in [0, 0.05) is 13.1 Å². The summed E-state index contributed by atoms with van der Waals surface area (Å²) in [7, 11) is 1.62. The number of anilines is 1. The highest BCUT2D eigenvalue weighted by molar-refractivity contribution is 6.33. The Bertz CT molecular complexity index is 521. The lowest BCUT2D eigenvalue weighted by molar-refractivity contribution is -0.385. The van der Waals surface area contributed by atoms with Crippen LogP contribution in [-0.2, 0) is 9.53 Å². The van der Waals surface area contributed by atoms with Crippen molar-refractivity contribution in [3.63, 3.8) is 0 Å². The molecule has 1 atom stereocenters. The number of aromatic nitrogens is 1. The Balaban J connectivity index is 2.94. The van der Waals surface area contributed by atoms with Crippen LogP contribution in [0.1, 0.15) is 20.8 Å². The number of nitrogens with zero attached hydrogens (tertiary/aromatic N) is 3. The molecule has 1 heterocycles. The van der Waals surface area contributed by atoms with Gasteiger partial charge in [-0.1, -0.05) is 11.6 Å². The molecule has 110 valence electrons. The number of halogens is 1. The molecule has 0 aliphatic rings. The van der Waals surface area contributed by atoms with Gasteiger partial charge in [0.15, 0.2) is 0 Å². The van der Waals surface area contributed by atoms with Crippen LogP contribution >= 0.6 is 11.6 Å². The number of esters is 1. The van der Waals surface area contributed by atoms with Crippen LogP contribution in [0, 0.1) is 10.1 Å². The second-order valence-corrected chi connectivity index (χ2v) is 4.94. The van der Waals surface area contributed by atoms with Crippen molar-refractivity contribution in [1.82, 2.24) is 4.98 Å². The minimum atomic E-state index is -0.608. The highest BCUT2D eigenvalue weighted by atomic mass is 35.5. The number of rotatable bonds is 5. The van der Waals surface area contributed by atoms with E-state index in [9.17, 15) is 14.9 Å². The molecule has 0 aromatic carbocycles. The molecule has 0 N–H and O–H groups in total. The lowest BCUT2D eigenvalue weighted by Gasteiger charge is -2.25. The van der Waals surface area contributed by atoms with Gasteiger partial charge in [-0.15, -0.1) is 0 Å². The van der Waals surface area contributed by atoms with E-state index in [-0.39, 0.29) is 22.6 Å². The van der Waals surface area contributed by atoms with E-state index < -0.39 is 16.9 Å². The van der Waals surface area contributed by atoms with Crippen LogP contribution in [0.3, 0.4) is 0 Å². The van der Waals surface area contributed by atoms with Crippen molar-refractivity contribution in [2.75, 3.05) is 11.9 Å². The third-order valence-corrected chi connectivity index (χ3v) is 2.90. The molecule has 20 heavy (non-hydrogen) atoms. The maximum atomic E-state index is 11.8. The van der Waals surface area contributed by atoms with Crippen molar-refractivity contribution in [1.29, 1.82) is 0 Å². The Hall–Kier alpha value is -1.89. The average Bonchev–Trinajstić information content (AvgIpc) is 2.35. The monoisotopic (exact) mass is 301 g/mol. The van der Waals surface area contributed by atoms with E-state index in [1.54, 1.807) is 27.8 Å². The number of likely N-dealkylation sites (N-methyl/N-ethyl adjacent to an activating group) is 1. The smallest absolute Gasteiger partial charge is 0.328 e. The molecule has 0 fully saturated rings. The quantitative estimate of drug-likeness (QED) is 0.471. The summed E-state index contributed by atoms with van der Waals surface area (Å²) >= 11 is 5.96. The summed E-state index contributed by atoms with van der Waals surface area (Å²) in [5.41, 5.74) is -0.204. The van der Waals surface area contributed by atoms with Crippen molar-refractivity contribution >= 4 is 29.1 Å². The molecule has 7 nitrogen and oxygen atoms in total. The predicted molar refractivity (Wildman–Crippen MR) is 75.0 cm³/mol. The first kappa shape index (κ1) is 16.2. The van der Waals surface area contributed by atoms with E-state index in [1.165, 1.54) is 11.0 Å². The Morgan fingerprint density at radius 2 is 2.10 bits per heavy atom. The van der Waals surface area contributed by atoms with E-state index in [2.05, 4.69) is 4.98 Å². The van der Waals surface area contributed by atoms with Gasteiger partial charge in [-0.3, -0.25) is 10.1 Å². The average molecular weight is 302 g/mol. The predicted octanol–water partition coefficient (Wildman–Crippen LogP) is 2.42. The zero-order valence-electron chi connectivity index (χ0n) is 11.7. The SMILES string of the molecule is CC(C)OC(=O)C(C)N(C)c1ncc([N+](=O)[O-])cc1Cl. The van der Waals surface area contributed by atoms with Gasteiger partial charge in [0.1, 0.15) is 18.1 Å². The van der Waals surface area contributed by atoms with Crippen LogP contribution in [0.2, 0.25) is 5.02 Å². The first-order valence-electron chi connectivity index (χ1n) is 5.97. The molecule has 8 heteroatoms. The Morgan fingerprint density at radius 3 is 2.55 bits per heavy atom. The zero-order valence-corrected chi connectivity index (χ0v) is 12.4. The maximum Gasteiger partial charge on any atom is 0.328 e. The molecule has 0 aliphatic carbocycles. The van der Waals surface area contributed by atoms with Crippen molar-refractivity contribution in [2.24, 2.45) is 0 Å². The topological polar surface area (TPSA) is 85.6 Å². The number of nitro groups is 1. The highest BCUT2D eigenvalue weighted by Crippen LogP contribution is 2.27. The number of carbonyl (C=O) groups is 1. The van der Waals surface area contributed by atoms with E-state index >= 15 is 0 Å². The fourth-order valence-electron chi connectivity index (χ4n) is 1.45. The summed E-state index contributed by atoms with van der Waals surface area (Å²) in [6, 6.07) is 0.588. The summed E-state index contributed by atoms with van der Waals surface area (Å²) in [6.45, 7) is 5.15. The number of pyridine rings is 1. The van der Waals surface area contributed by atoms with E-state index in [1.807, 2.05) is 0 Å². The third-order valence-electron chi connectivity index (χ3n) is 2.63. The molecular formula is C12H16ClN3O4. The van der Waals surface area contributed by atoms with E-state index in [4.69, 9.17) is 16.3 Å². The lowest BCUT2D eigenvalue weighted by Crippen LogP contribution is -2.38. The van der Waals surface area contributed by atoms with Gasteiger partial charge in [0.05, 0.1) is 16.0 Å². The molecule has 1 rings (SSSR count).